The molecule has 0 aromatic rings. The van der Waals surface area contributed by atoms with Crippen molar-refractivity contribution in [1.29, 1.82) is 0 Å². The van der Waals surface area contributed by atoms with E-state index in [0.717, 1.165) is 0 Å². The quantitative estimate of drug-likeness (QED) is 0.537. The Morgan fingerprint density at radius 2 is 1.29 bits per heavy atom. The molecule has 4 nitrogen and oxygen atoms in total. The van der Waals surface area contributed by atoms with Gasteiger partial charge in [0.05, 0.1) is 0 Å². The molecule has 0 saturated carbocycles. The van der Waals surface area contributed by atoms with Crippen LogP contribution >= 0.6 is 0 Å². The summed E-state index contributed by atoms with van der Waals surface area (Å²) in [7, 11) is 0. The normalized spacial score (nSPS) is 31.2. The minimum atomic E-state index is -6.85. The fourth-order valence-electron chi connectivity index (χ4n) is 1.30. The molecule has 24 heavy (non-hydrogen) atoms. The van der Waals surface area contributed by atoms with Crippen molar-refractivity contribution >= 4 is 5.97 Å². The van der Waals surface area contributed by atoms with E-state index in [0.29, 0.717) is 0 Å². The maximum absolute atomic E-state index is 13.3. The van der Waals surface area contributed by atoms with Crippen LogP contribution in [0.25, 0.3) is 0 Å². The molecule has 0 spiro atoms. The van der Waals surface area contributed by atoms with Gasteiger partial charge in [0.25, 0.3) is 0 Å². The lowest BCUT2D eigenvalue weighted by Gasteiger charge is -2.28. The molecule has 2 atom stereocenters. The molecule has 1 aliphatic rings. The maximum atomic E-state index is 13.3. The van der Waals surface area contributed by atoms with E-state index in [1.807, 2.05) is 0 Å². The Morgan fingerprint density at radius 3 is 1.58 bits per heavy atom. The van der Waals surface area contributed by atoms with Crippen molar-refractivity contribution in [1.82, 2.24) is 0 Å². The van der Waals surface area contributed by atoms with Crippen molar-refractivity contribution in [3.05, 3.63) is 0 Å². The van der Waals surface area contributed by atoms with Gasteiger partial charge in [0.15, 0.2) is 6.61 Å². The fraction of sp³-hybridized carbons (Fsp3) is 0.875. The standard InChI is InChI=1S/C8H2F12O4/c9-3(10,11)1-22-2(21)4(6(13,14)15)23-5(12,7(16,17)18)8(19,20)24-4/h1H2. The Morgan fingerprint density at radius 1 is 0.833 bits per heavy atom. The van der Waals surface area contributed by atoms with Gasteiger partial charge in [0.1, 0.15) is 0 Å². The third-order valence-electron chi connectivity index (χ3n) is 2.30. The monoisotopic (exact) mass is 390 g/mol. The van der Waals surface area contributed by atoms with E-state index in [1.54, 1.807) is 0 Å². The van der Waals surface area contributed by atoms with Crippen molar-refractivity contribution in [2.45, 2.75) is 36.3 Å². The van der Waals surface area contributed by atoms with E-state index in [-0.39, 0.29) is 0 Å². The van der Waals surface area contributed by atoms with Gasteiger partial charge in [0, 0.05) is 0 Å². The summed E-state index contributed by atoms with van der Waals surface area (Å²) in [5, 5.41) is 0. The summed E-state index contributed by atoms with van der Waals surface area (Å²) >= 11 is 0. The van der Waals surface area contributed by atoms with Gasteiger partial charge < -0.3 is 4.74 Å². The number of esters is 1. The molecule has 0 bridgehead atoms. The first-order valence-corrected chi connectivity index (χ1v) is 5.13. The van der Waals surface area contributed by atoms with Crippen LogP contribution in [0.4, 0.5) is 52.7 Å². The topological polar surface area (TPSA) is 44.8 Å². The number of hydrogen-bond donors (Lipinski definition) is 0. The fourth-order valence-corrected chi connectivity index (χ4v) is 1.30. The smallest absolute Gasteiger partial charge is 0.452 e. The number of carbonyl (C=O) groups excluding carboxylic acids is 1. The minimum Gasteiger partial charge on any atom is -0.452 e. The number of halogens is 12. The van der Waals surface area contributed by atoms with Gasteiger partial charge in [0.2, 0.25) is 0 Å². The van der Waals surface area contributed by atoms with Crippen LogP contribution in [0.5, 0.6) is 0 Å². The molecule has 0 amide bonds. The van der Waals surface area contributed by atoms with Crippen LogP contribution in [0.2, 0.25) is 0 Å². The maximum Gasteiger partial charge on any atom is 0.458 e. The predicted molar refractivity (Wildman–Crippen MR) is 42.8 cm³/mol. The van der Waals surface area contributed by atoms with Crippen LogP contribution in [-0.4, -0.2) is 48.9 Å². The van der Waals surface area contributed by atoms with Gasteiger partial charge in [-0.05, 0) is 0 Å². The molecule has 0 aromatic carbocycles. The molecule has 1 fully saturated rings. The Kier molecular flexibility index (Phi) is 4.52. The Balaban J connectivity index is 3.34. The average molecular weight is 390 g/mol. The van der Waals surface area contributed by atoms with Crippen molar-refractivity contribution in [3.63, 3.8) is 0 Å². The molecular formula is C8H2F12O4. The summed E-state index contributed by atoms with van der Waals surface area (Å²) in [5.74, 6) is -15.8. The number of carbonyl (C=O) groups is 1. The zero-order valence-electron chi connectivity index (χ0n) is 10.4. The molecule has 0 radical (unpaired) electrons. The van der Waals surface area contributed by atoms with E-state index in [2.05, 4.69) is 14.2 Å². The van der Waals surface area contributed by atoms with Crippen molar-refractivity contribution in [2.75, 3.05) is 6.61 Å². The van der Waals surface area contributed by atoms with E-state index in [1.165, 1.54) is 0 Å². The number of hydrogen-bond acceptors (Lipinski definition) is 4. The predicted octanol–water partition coefficient (Wildman–Crippen LogP) is 3.22. The molecule has 16 heteroatoms. The Bertz CT molecular complexity index is 507. The first-order chi connectivity index (χ1) is 10.3. The van der Waals surface area contributed by atoms with Crippen LogP contribution in [0, 0.1) is 0 Å². The van der Waals surface area contributed by atoms with Crippen molar-refractivity contribution < 1.29 is 71.7 Å². The molecule has 0 aromatic heterocycles. The molecular weight excluding hydrogens is 388 g/mol. The zero-order chi connectivity index (χ0) is 19.4. The molecule has 2 unspecified atom stereocenters. The second kappa shape index (κ2) is 5.27. The number of rotatable bonds is 2. The number of alkyl halides is 12. The minimum absolute atomic E-state index is 2.45. The third kappa shape index (κ3) is 3.20. The van der Waals surface area contributed by atoms with E-state index < -0.39 is 48.9 Å². The van der Waals surface area contributed by atoms with Crippen LogP contribution in [-0.2, 0) is 19.0 Å². The highest BCUT2D eigenvalue weighted by Crippen LogP contribution is 2.59. The second-order valence-electron chi connectivity index (χ2n) is 4.12. The lowest BCUT2D eigenvalue weighted by molar-refractivity contribution is -0.398. The second-order valence-corrected chi connectivity index (χ2v) is 4.12. The summed E-state index contributed by atoms with van der Waals surface area (Å²) in [4.78, 5) is 11.0. The highest BCUT2D eigenvalue weighted by atomic mass is 19.4. The highest BCUT2D eigenvalue weighted by molar-refractivity contribution is 5.79. The summed E-state index contributed by atoms with van der Waals surface area (Å²) < 4.78 is 157. The first-order valence-electron chi connectivity index (χ1n) is 5.13. The lowest BCUT2D eigenvalue weighted by atomic mass is 10.2. The van der Waals surface area contributed by atoms with Crippen LogP contribution < -0.4 is 0 Å². The Hall–Kier alpha value is -1.45. The molecule has 0 N–H and O–H groups in total. The molecule has 1 rings (SSSR count). The van der Waals surface area contributed by atoms with Gasteiger partial charge in [-0.2, -0.15) is 52.7 Å². The summed E-state index contributed by atoms with van der Waals surface area (Å²) in [6, 6.07) is 0. The summed E-state index contributed by atoms with van der Waals surface area (Å²) in [5.41, 5.74) is 0. The first kappa shape index (κ1) is 20.6. The SMILES string of the molecule is O=C(OCC(F)(F)F)C1(C(F)(F)F)OC(F)(F)C(F)(C(F)(F)F)O1. The van der Waals surface area contributed by atoms with Gasteiger partial charge in [-0.1, -0.05) is 0 Å². The highest BCUT2D eigenvalue weighted by Gasteiger charge is 2.89. The molecule has 1 heterocycles. The van der Waals surface area contributed by atoms with Crippen LogP contribution in [0.3, 0.4) is 0 Å². The molecule has 0 aliphatic carbocycles. The average Bonchev–Trinajstić information content (AvgIpc) is 2.53. The van der Waals surface area contributed by atoms with Gasteiger partial charge in [-0.3, -0.25) is 9.47 Å². The van der Waals surface area contributed by atoms with Gasteiger partial charge >= 0.3 is 42.2 Å². The van der Waals surface area contributed by atoms with E-state index >= 15 is 0 Å². The van der Waals surface area contributed by atoms with Crippen molar-refractivity contribution in [3.8, 4) is 0 Å². The Labute approximate surface area is 122 Å². The third-order valence-corrected chi connectivity index (χ3v) is 2.30. The van der Waals surface area contributed by atoms with Gasteiger partial charge in [-0.25, -0.2) is 4.79 Å². The summed E-state index contributed by atoms with van der Waals surface area (Å²) in [6.45, 7) is -2.83. The zero-order valence-corrected chi connectivity index (χ0v) is 10.4. The molecule has 1 aliphatic heterocycles. The van der Waals surface area contributed by atoms with Gasteiger partial charge in [-0.15, -0.1) is 0 Å². The van der Waals surface area contributed by atoms with Crippen LogP contribution in [0.1, 0.15) is 0 Å². The van der Waals surface area contributed by atoms with Crippen molar-refractivity contribution in [2.24, 2.45) is 0 Å². The van der Waals surface area contributed by atoms with Crippen LogP contribution in [0.15, 0.2) is 0 Å². The largest absolute Gasteiger partial charge is 0.458 e. The molecule has 142 valence electrons. The van der Waals surface area contributed by atoms with E-state index in [9.17, 15) is 57.5 Å². The van der Waals surface area contributed by atoms with E-state index in [4.69, 9.17) is 0 Å². The molecule has 1 saturated heterocycles. The number of ether oxygens (including phenoxy) is 3. The lowest BCUT2D eigenvalue weighted by Crippen LogP contribution is -2.57. The summed E-state index contributed by atoms with van der Waals surface area (Å²) in [6.07, 6.45) is -25.4.